The lowest BCUT2D eigenvalue weighted by Gasteiger charge is -2.33. The first-order valence-electron chi connectivity index (χ1n) is 12.0. The van der Waals surface area contributed by atoms with Gasteiger partial charge in [0.15, 0.2) is 0 Å². The van der Waals surface area contributed by atoms with Crippen LogP contribution in [0.15, 0.2) is 48.5 Å². The van der Waals surface area contributed by atoms with Gasteiger partial charge in [0.2, 0.25) is 21.8 Å². The molecule has 192 valence electrons. The molecule has 9 heteroatoms. The molecule has 1 N–H and O–H groups in total. The number of hydrogen-bond donors (Lipinski definition) is 1. The fraction of sp³-hybridized carbons (Fsp3) is 0.462. The summed E-state index contributed by atoms with van der Waals surface area (Å²) in [4.78, 5) is 28.2. The third-order valence-corrected chi connectivity index (χ3v) is 7.33. The Kier molecular flexibility index (Phi) is 11.0. The van der Waals surface area contributed by atoms with E-state index >= 15 is 0 Å². The Bertz CT molecular complexity index is 1110. The average molecular weight is 522 g/mol. The Hall–Kier alpha value is -2.58. The number of nitrogens with one attached hydrogen (secondary N) is 1. The molecule has 0 aliphatic heterocycles. The lowest BCUT2D eigenvalue weighted by Crippen LogP contribution is -2.52. The number of carbonyl (C=O) groups is 2. The number of amides is 2. The van der Waals surface area contributed by atoms with Gasteiger partial charge in [0.25, 0.3) is 0 Å². The quantitative estimate of drug-likeness (QED) is 0.396. The summed E-state index contributed by atoms with van der Waals surface area (Å²) in [6, 6.07) is 13.5. The lowest BCUT2D eigenvalue weighted by atomic mass is 10.1. The van der Waals surface area contributed by atoms with Gasteiger partial charge in [-0.2, -0.15) is 0 Å². The van der Waals surface area contributed by atoms with Crippen molar-refractivity contribution in [3.63, 3.8) is 0 Å². The van der Waals surface area contributed by atoms with Crippen LogP contribution >= 0.6 is 11.6 Å². The number of anilines is 1. The van der Waals surface area contributed by atoms with Crippen LogP contribution in [0.3, 0.4) is 0 Å². The van der Waals surface area contributed by atoms with Crippen LogP contribution in [0.2, 0.25) is 5.02 Å². The first kappa shape index (κ1) is 28.7. The van der Waals surface area contributed by atoms with Crippen LogP contribution in [0, 0.1) is 0 Å². The highest BCUT2D eigenvalue weighted by atomic mass is 35.5. The highest BCUT2D eigenvalue weighted by Crippen LogP contribution is 2.25. The topological polar surface area (TPSA) is 86.8 Å². The number of nitrogens with zero attached hydrogens (tertiary/aromatic N) is 2. The molecule has 0 aromatic heterocycles. The minimum atomic E-state index is -3.77. The Balaban J connectivity index is 2.45. The second-order valence-electron chi connectivity index (χ2n) is 8.43. The van der Waals surface area contributed by atoms with E-state index in [-0.39, 0.29) is 12.5 Å². The van der Waals surface area contributed by atoms with E-state index in [0.717, 1.165) is 29.0 Å². The monoisotopic (exact) mass is 521 g/mol. The van der Waals surface area contributed by atoms with E-state index < -0.39 is 28.5 Å². The summed E-state index contributed by atoms with van der Waals surface area (Å²) >= 11 is 6.37. The largest absolute Gasteiger partial charge is 0.354 e. The van der Waals surface area contributed by atoms with E-state index in [1.165, 1.54) is 4.90 Å². The predicted molar refractivity (Wildman–Crippen MR) is 142 cm³/mol. The summed E-state index contributed by atoms with van der Waals surface area (Å²) < 4.78 is 26.7. The van der Waals surface area contributed by atoms with Gasteiger partial charge < -0.3 is 10.2 Å². The van der Waals surface area contributed by atoms with Gasteiger partial charge in [0, 0.05) is 18.1 Å². The molecular weight excluding hydrogens is 486 g/mol. The molecule has 0 saturated carbocycles. The number of halogens is 1. The third-order valence-electron chi connectivity index (χ3n) is 5.83. The Morgan fingerprint density at radius 2 is 1.63 bits per heavy atom. The highest BCUT2D eigenvalue weighted by Gasteiger charge is 2.32. The van der Waals surface area contributed by atoms with Gasteiger partial charge in [0.1, 0.15) is 12.6 Å². The molecule has 1 unspecified atom stereocenters. The molecular formula is C26H36ClN3O4S. The van der Waals surface area contributed by atoms with Crippen LogP contribution in [0.25, 0.3) is 0 Å². The fourth-order valence-electron chi connectivity index (χ4n) is 3.88. The molecule has 1 atom stereocenters. The van der Waals surface area contributed by atoms with Gasteiger partial charge in [-0.05, 0) is 42.5 Å². The third kappa shape index (κ3) is 7.97. The summed E-state index contributed by atoms with van der Waals surface area (Å²) in [5.74, 6) is -0.736. The highest BCUT2D eigenvalue weighted by molar-refractivity contribution is 7.92. The summed E-state index contributed by atoms with van der Waals surface area (Å²) in [7, 11) is -3.77. The summed E-state index contributed by atoms with van der Waals surface area (Å²) in [6.45, 7) is 5.98. The average Bonchev–Trinajstić information content (AvgIpc) is 2.82. The summed E-state index contributed by atoms with van der Waals surface area (Å²) in [5.41, 5.74) is 1.96. The molecule has 2 rings (SSSR count). The predicted octanol–water partition coefficient (Wildman–Crippen LogP) is 4.39. The number of rotatable bonds is 13. The van der Waals surface area contributed by atoms with Crippen molar-refractivity contribution in [2.75, 3.05) is 23.7 Å². The molecule has 0 spiro atoms. The number of sulfonamides is 1. The van der Waals surface area contributed by atoms with Crippen LogP contribution in [-0.2, 0) is 32.6 Å². The van der Waals surface area contributed by atoms with Crippen molar-refractivity contribution in [2.24, 2.45) is 0 Å². The maximum absolute atomic E-state index is 13.7. The van der Waals surface area contributed by atoms with E-state index in [1.54, 1.807) is 30.3 Å². The zero-order valence-corrected chi connectivity index (χ0v) is 22.5. The van der Waals surface area contributed by atoms with Crippen molar-refractivity contribution in [1.29, 1.82) is 0 Å². The Morgan fingerprint density at radius 1 is 1.00 bits per heavy atom. The fourth-order valence-corrected chi connectivity index (χ4v) is 4.96. The Morgan fingerprint density at radius 3 is 2.20 bits per heavy atom. The van der Waals surface area contributed by atoms with Crippen LogP contribution in [0.4, 0.5) is 5.69 Å². The maximum Gasteiger partial charge on any atom is 0.244 e. The SMILES string of the molecule is CCCCNC(=O)C(CC)N(Cc1ccccc1Cl)C(=O)CN(c1ccccc1CC)S(C)(=O)=O. The molecule has 0 fully saturated rings. The number of hydrogen-bond acceptors (Lipinski definition) is 4. The first-order valence-corrected chi connectivity index (χ1v) is 14.2. The van der Waals surface area contributed by atoms with Crippen molar-refractivity contribution < 1.29 is 18.0 Å². The first-order chi connectivity index (χ1) is 16.6. The summed E-state index contributed by atoms with van der Waals surface area (Å²) in [5, 5.41) is 3.38. The second-order valence-corrected chi connectivity index (χ2v) is 10.7. The smallest absolute Gasteiger partial charge is 0.244 e. The molecule has 0 aliphatic carbocycles. The maximum atomic E-state index is 13.7. The molecule has 0 heterocycles. The molecule has 2 amide bonds. The van der Waals surface area contributed by atoms with Crippen molar-refractivity contribution in [2.45, 2.75) is 59.0 Å². The van der Waals surface area contributed by atoms with Gasteiger partial charge in [-0.25, -0.2) is 8.42 Å². The molecule has 2 aromatic carbocycles. The van der Waals surface area contributed by atoms with Gasteiger partial charge in [0.05, 0.1) is 11.9 Å². The van der Waals surface area contributed by atoms with Gasteiger partial charge in [-0.15, -0.1) is 0 Å². The molecule has 7 nitrogen and oxygen atoms in total. The van der Waals surface area contributed by atoms with E-state index in [4.69, 9.17) is 11.6 Å². The van der Waals surface area contributed by atoms with Gasteiger partial charge in [-0.3, -0.25) is 13.9 Å². The minimum Gasteiger partial charge on any atom is -0.354 e. The zero-order chi connectivity index (χ0) is 26.0. The normalized spacial score (nSPS) is 12.1. The number of para-hydroxylation sites is 1. The van der Waals surface area contributed by atoms with Gasteiger partial charge >= 0.3 is 0 Å². The standard InChI is InChI=1S/C26H36ClN3O4S/c1-5-8-17-28-26(32)23(7-3)29(18-21-14-9-11-15-22(21)27)25(31)19-30(35(4,33)34)24-16-12-10-13-20(24)6-2/h9-16,23H,5-8,17-19H2,1-4H3,(H,28,32). The van der Waals surface area contributed by atoms with E-state index in [0.29, 0.717) is 35.7 Å². The van der Waals surface area contributed by atoms with Crippen molar-refractivity contribution >= 4 is 39.1 Å². The van der Waals surface area contributed by atoms with Crippen LogP contribution in [0.5, 0.6) is 0 Å². The van der Waals surface area contributed by atoms with Crippen LogP contribution < -0.4 is 9.62 Å². The van der Waals surface area contributed by atoms with E-state index in [9.17, 15) is 18.0 Å². The minimum absolute atomic E-state index is 0.0885. The molecule has 0 aliphatic rings. The van der Waals surface area contributed by atoms with Crippen molar-refractivity contribution in [3.05, 3.63) is 64.7 Å². The lowest BCUT2D eigenvalue weighted by molar-refractivity contribution is -0.140. The number of aryl methyl sites for hydroxylation is 1. The molecule has 35 heavy (non-hydrogen) atoms. The van der Waals surface area contributed by atoms with E-state index in [2.05, 4.69) is 5.32 Å². The van der Waals surface area contributed by atoms with Crippen LogP contribution in [0.1, 0.15) is 51.2 Å². The Labute approximate surface area is 214 Å². The van der Waals surface area contributed by atoms with Crippen LogP contribution in [-0.4, -0.2) is 50.5 Å². The second kappa shape index (κ2) is 13.5. The zero-order valence-electron chi connectivity index (χ0n) is 21.0. The number of carbonyl (C=O) groups excluding carboxylic acids is 2. The number of benzene rings is 2. The van der Waals surface area contributed by atoms with Gasteiger partial charge in [-0.1, -0.05) is 75.2 Å². The van der Waals surface area contributed by atoms with E-state index in [1.807, 2.05) is 39.0 Å². The number of unbranched alkanes of at least 4 members (excludes halogenated alkanes) is 1. The molecule has 0 radical (unpaired) electrons. The molecule has 0 saturated heterocycles. The summed E-state index contributed by atoms with van der Waals surface area (Å²) in [6.07, 6.45) is 3.82. The molecule has 2 aromatic rings. The van der Waals surface area contributed by atoms with Crippen molar-refractivity contribution in [3.8, 4) is 0 Å². The van der Waals surface area contributed by atoms with Crippen molar-refractivity contribution in [1.82, 2.24) is 10.2 Å². The molecule has 0 bridgehead atoms.